The molecule has 0 amide bonds. The Morgan fingerprint density at radius 1 is 1.36 bits per heavy atom. The van der Waals surface area contributed by atoms with E-state index < -0.39 is 0 Å². The summed E-state index contributed by atoms with van der Waals surface area (Å²) in [6.07, 6.45) is 8.47. The summed E-state index contributed by atoms with van der Waals surface area (Å²) < 4.78 is 0. The molecule has 0 spiro atoms. The van der Waals surface area contributed by atoms with Gasteiger partial charge in [0.2, 0.25) is 0 Å². The van der Waals surface area contributed by atoms with Gasteiger partial charge >= 0.3 is 0 Å². The number of allylic oxidation sites excluding steroid dienone is 2. The molecule has 0 aromatic rings. The number of rotatable bonds is 0. The Bertz CT molecular complexity index is 288. The lowest BCUT2D eigenvalue weighted by atomic mass is 9.54. The lowest BCUT2D eigenvalue weighted by molar-refractivity contribution is -0.127. The third kappa shape index (κ3) is 1.43. The van der Waals surface area contributed by atoms with E-state index in [1.165, 1.54) is 0 Å². The Morgan fingerprint density at radius 2 is 2.07 bits per heavy atom. The first-order valence-electron chi connectivity index (χ1n) is 5.63. The zero-order chi connectivity index (χ0) is 10.4. The smallest absolute Gasteiger partial charge is 0.133 e. The summed E-state index contributed by atoms with van der Waals surface area (Å²) in [7, 11) is 0. The second-order valence-corrected chi connectivity index (χ2v) is 5.88. The SMILES string of the molecule is CC1(C)C=CC[C@]2(C)CCC(=O)C[C@@H]12. The average molecular weight is 192 g/mol. The maximum atomic E-state index is 11.5. The molecule has 2 atom stereocenters. The van der Waals surface area contributed by atoms with Crippen LogP contribution in [0.3, 0.4) is 0 Å². The van der Waals surface area contributed by atoms with Crippen molar-refractivity contribution in [2.24, 2.45) is 16.7 Å². The molecule has 0 aromatic heterocycles. The summed E-state index contributed by atoms with van der Waals surface area (Å²) in [6.45, 7) is 6.89. The van der Waals surface area contributed by atoms with Gasteiger partial charge in [-0.05, 0) is 29.6 Å². The number of hydrogen-bond donors (Lipinski definition) is 0. The van der Waals surface area contributed by atoms with E-state index in [0.717, 1.165) is 25.7 Å². The summed E-state index contributed by atoms with van der Waals surface area (Å²) in [5.74, 6) is 1.03. The van der Waals surface area contributed by atoms with Crippen molar-refractivity contribution in [2.75, 3.05) is 0 Å². The number of carbonyl (C=O) groups is 1. The first-order valence-corrected chi connectivity index (χ1v) is 5.63. The van der Waals surface area contributed by atoms with E-state index in [1.807, 2.05) is 0 Å². The van der Waals surface area contributed by atoms with Gasteiger partial charge < -0.3 is 0 Å². The number of fused-ring (bicyclic) bond motifs is 1. The van der Waals surface area contributed by atoms with Crippen molar-refractivity contribution in [3.63, 3.8) is 0 Å². The van der Waals surface area contributed by atoms with Gasteiger partial charge in [0.05, 0.1) is 0 Å². The zero-order valence-electron chi connectivity index (χ0n) is 9.47. The van der Waals surface area contributed by atoms with Crippen LogP contribution in [0.15, 0.2) is 12.2 Å². The van der Waals surface area contributed by atoms with Gasteiger partial charge in [0, 0.05) is 12.8 Å². The molecule has 1 saturated carbocycles. The van der Waals surface area contributed by atoms with Crippen LogP contribution in [-0.2, 0) is 4.79 Å². The highest BCUT2D eigenvalue weighted by molar-refractivity contribution is 5.79. The van der Waals surface area contributed by atoms with E-state index >= 15 is 0 Å². The quantitative estimate of drug-likeness (QED) is 0.538. The Kier molecular flexibility index (Phi) is 2.09. The minimum atomic E-state index is 0.211. The van der Waals surface area contributed by atoms with Crippen LogP contribution in [0.25, 0.3) is 0 Å². The van der Waals surface area contributed by atoms with Gasteiger partial charge in [-0.2, -0.15) is 0 Å². The van der Waals surface area contributed by atoms with Crippen molar-refractivity contribution in [1.29, 1.82) is 0 Å². The first kappa shape index (κ1) is 9.95. The minimum Gasteiger partial charge on any atom is -0.300 e. The van der Waals surface area contributed by atoms with E-state index in [2.05, 4.69) is 32.9 Å². The number of hydrogen-bond acceptors (Lipinski definition) is 1. The molecule has 0 heterocycles. The van der Waals surface area contributed by atoms with Crippen molar-refractivity contribution in [2.45, 2.75) is 46.5 Å². The van der Waals surface area contributed by atoms with Crippen LogP contribution < -0.4 is 0 Å². The minimum absolute atomic E-state index is 0.211. The van der Waals surface area contributed by atoms with Gasteiger partial charge in [-0.3, -0.25) is 4.79 Å². The molecule has 2 aliphatic rings. The van der Waals surface area contributed by atoms with Gasteiger partial charge in [-0.25, -0.2) is 0 Å². The van der Waals surface area contributed by atoms with E-state index in [0.29, 0.717) is 17.1 Å². The second kappa shape index (κ2) is 2.95. The van der Waals surface area contributed by atoms with Crippen molar-refractivity contribution in [1.82, 2.24) is 0 Å². The molecule has 0 bridgehead atoms. The molecule has 1 heteroatoms. The van der Waals surface area contributed by atoms with Gasteiger partial charge in [0.15, 0.2) is 0 Å². The summed E-state index contributed by atoms with van der Waals surface area (Å²) in [4.78, 5) is 11.5. The third-order valence-electron chi connectivity index (χ3n) is 4.28. The van der Waals surface area contributed by atoms with Crippen LogP contribution in [0.2, 0.25) is 0 Å². The Hall–Kier alpha value is -0.590. The summed E-state index contributed by atoms with van der Waals surface area (Å²) >= 11 is 0. The van der Waals surface area contributed by atoms with E-state index in [9.17, 15) is 4.79 Å². The van der Waals surface area contributed by atoms with Crippen LogP contribution in [0, 0.1) is 16.7 Å². The van der Waals surface area contributed by atoms with E-state index in [4.69, 9.17) is 0 Å². The van der Waals surface area contributed by atoms with Crippen LogP contribution in [0.1, 0.15) is 46.5 Å². The highest BCUT2D eigenvalue weighted by Gasteiger charge is 2.47. The lowest BCUT2D eigenvalue weighted by Gasteiger charge is -2.50. The predicted molar refractivity (Wildman–Crippen MR) is 58.0 cm³/mol. The second-order valence-electron chi connectivity index (χ2n) is 5.88. The fourth-order valence-electron chi connectivity index (χ4n) is 3.33. The summed E-state index contributed by atoms with van der Waals surface area (Å²) in [5.41, 5.74) is 0.593. The molecule has 2 rings (SSSR count). The van der Waals surface area contributed by atoms with Gasteiger partial charge in [0.25, 0.3) is 0 Å². The normalized spacial score (nSPS) is 40.8. The van der Waals surface area contributed by atoms with Gasteiger partial charge in [-0.1, -0.05) is 32.9 Å². The van der Waals surface area contributed by atoms with Gasteiger partial charge in [-0.15, -0.1) is 0 Å². The van der Waals surface area contributed by atoms with Crippen molar-refractivity contribution < 1.29 is 4.79 Å². The van der Waals surface area contributed by atoms with Crippen molar-refractivity contribution >= 4 is 5.78 Å². The maximum absolute atomic E-state index is 11.5. The number of carbonyl (C=O) groups excluding carboxylic acids is 1. The monoisotopic (exact) mass is 192 g/mol. The van der Waals surface area contributed by atoms with E-state index in [1.54, 1.807) is 0 Å². The molecule has 78 valence electrons. The molecule has 0 unspecified atom stereocenters. The molecule has 0 radical (unpaired) electrons. The Morgan fingerprint density at radius 3 is 2.79 bits per heavy atom. The first-order chi connectivity index (χ1) is 6.44. The van der Waals surface area contributed by atoms with E-state index in [-0.39, 0.29) is 5.41 Å². The van der Waals surface area contributed by atoms with Crippen molar-refractivity contribution in [3.05, 3.63) is 12.2 Å². The molecular weight excluding hydrogens is 172 g/mol. The highest BCUT2D eigenvalue weighted by Crippen LogP contribution is 2.54. The van der Waals surface area contributed by atoms with Crippen molar-refractivity contribution in [3.8, 4) is 0 Å². The molecule has 1 nitrogen and oxygen atoms in total. The standard InChI is InChI=1S/C13H20O/c1-12(2)6-4-7-13(3)8-5-10(14)9-11(12)13/h4,6,11H,5,7-9H2,1-3H3/t11-,13+/m0/s1. The fourth-order valence-corrected chi connectivity index (χ4v) is 3.33. The molecule has 0 saturated heterocycles. The molecular formula is C13H20O. The van der Waals surface area contributed by atoms with Crippen LogP contribution in [-0.4, -0.2) is 5.78 Å². The van der Waals surface area contributed by atoms with Crippen LogP contribution in [0.5, 0.6) is 0 Å². The van der Waals surface area contributed by atoms with Gasteiger partial charge in [0.1, 0.15) is 5.78 Å². The maximum Gasteiger partial charge on any atom is 0.133 e. The number of ketones is 1. The molecule has 14 heavy (non-hydrogen) atoms. The summed E-state index contributed by atoms with van der Waals surface area (Å²) in [6, 6.07) is 0. The third-order valence-corrected chi connectivity index (χ3v) is 4.28. The van der Waals surface area contributed by atoms with Crippen LogP contribution in [0.4, 0.5) is 0 Å². The fraction of sp³-hybridized carbons (Fsp3) is 0.769. The number of Topliss-reactive ketones (excluding diaryl/α,β-unsaturated/α-hetero) is 1. The topological polar surface area (TPSA) is 17.1 Å². The summed E-state index contributed by atoms with van der Waals surface area (Å²) in [5, 5.41) is 0. The molecule has 0 aromatic carbocycles. The predicted octanol–water partition coefficient (Wildman–Crippen LogP) is 3.35. The van der Waals surface area contributed by atoms with Crippen LogP contribution >= 0.6 is 0 Å². The Labute approximate surface area is 86.6 Å². The average Bonchev–Trinajstić information content (AvgIpc) is 2.08. The largest absolute Gasteiger partial charge is 0.300 e. The lowest BCUT2D eigenvalue weighted by Crippen LogP contribution is -2.44. The molecule has 0 aliphatic heterocycles. The molecule has 1 fully saturated rings. The molecule has 0 N–H and O–H groups in total. The molecule has 2 aliphatic carbocycles. The Balaban J connectivity index is 2.33. The zero-order valence-corrected chi connectivity index (χ0v) is 9.47. The highest BCUT2D eigenvalue weighted by atomic mass is 16.1.